The van der Waals surface area contributed by atoms with Crippen molar-refractivity contribution in [3.63, 3.8) is 0 Å². The van der Waals surface area contributed by atoms with Gasteiger partial charge in [-0.05, 0) is 30.2 Å². The lowest BCUT2D eigenvalue weighted by Crippen LogP contribution is -2.17. The molecule has 1 heterocycles. The van der Waals surface area contributed by atoms with E-state index in [0.29, 0.717) is 59.4 Å². The van der Waals surface area contributed by atoms with Gasteiger partial charge in [0.25, 0.3) is 5.69 Å². The second kappa shape index (κ2) is 9.60. The van der Waals surface area contributed by atoms with E-state index in [0.717, 1.165) is 11.1 Å². The van der Waals surface area contributed by atoms with Crippen molar-refractivity contribution in [2.75, 3.05) is 27.9 Å². The lowest BCUT2D eigenvalue weighted by molar-refractivity contribution is -0.385. The van der Waals surface area contributed by atoms with E-state index in [2.05, 4.69) is 4.99 Å². The first kappa shape index (κ1) is 22.1. The number of aliphatic imine (C=N–C) groups is 1. The van der Waals surface area contributed by atoms with E-state index in [9.17, 15) is 10.1 Å². The lowest BCUT2D eigenvalue weighted by atomic mass is 9.91. The normalized spacial score (nSPS) is 12.4. The fourth-order valence-corrected chi connectivity index (χ4v) is 3.96. The van der Waals surface area contributed by atoms with Crippen molar-refractivity contribution in [3.8, 4) is 23.0 Å². The van der Waals surface area contributed by atoms with E-state index >= 15 is 0 Å². The lowest BCUT2D eigenvalue weighted by Gasteiger charge is -2.23. The van der Waals surface area contributed by atoms with Gasteiger partial charge >= 0.3 is 0 Å². The molecule has 0 saturated heterocycles. The van der Waals surface area contributed by atoms with E-state index in [1.165, 1.54) is 13.2 Å². The van der Waals surface area contributed by atoms with E-state index in [1.807, 2.05) is 30.3 Å². The molecule has 4 rings (SSSR count). The van der Waals surface area contributed by atoms with E-state index in [4.69, 9.17) is 18.9 Å². The number of hydrogen-bond donors (Lipinski definition) is 0. The van der Waals surface area contributed by atoms with Gasteiger partial charge in [-0.15, -0.1) is 0 Å². The summed E-state index contributed by atoms with van der Waals surface area (Å²) < 4.78 is 22.6. The molecule has 1 aliphatic heterocycles. The maximum Gasteiger partial charge on any atom is 0.279 e. The molecule has 0 aromatic heterocycles. The first-order valence-electron chi connectivity index (χ1n) is 10.4. The van der Waals surface area contributed by atoms with Crippen LogP contribution in [0.2, 0.25) is 0 Å². The third kappa shape index (κ3) is 4.32. The minimum absolute atomic E-state index is 0.0533. The monoisotopic (exact) mass is 448 g/mol. The van der Waals surface area contributed by atoms with Crippen molar-refractivity contribution < 1.29 is 23.9 Å². The molecule has 0 bridgehead atoms. The minimum atomic E-state index is -0.412. The van der Waals surface area contributed by atoms with E-state index < -0.39 is 4.92 Å². The number of methoxy groups -OCH3 is 3. The Morgan fingerprint density at radius 2 is 1.70 bits per heavy atom. The predicted octanol–water partition coefficient (Wildman–Crippen LogP) is 4.59. The SMILES string of the molecule is COc1cc2c(c(OC)c1OC)CCN=C2c1cc(OCc2ccccc2)ccc1[N+](=O)[O-]. The summed E-state index contributed by atoms with van der Waals surface area (Å²) in [6.07, 6.45) is 0.611. The number of hydrogen-bond acceptors (Lipinski definition) is 7. The zero-order valence-corrected chi connectivity index (χ0v) is 18.7. The van der Waals surface area contributed by atoms with E-state index in [1.54, 1.807) is 32.4 Å². The molecule has 0 saturated carbocycles. The van der Waals surface area contributed by atoms with Crippen LogP contribution in [-0.4, -0.2) is 38.5 Å². The smallest absolute Gasteiger partial charge is 0.279 e. The van der Waals surface area contributed by atoms with Gasteiger partial charge in [-0.25, -0.2) is 0 Å². The van der Waals surface area contributed by atoms with E-state index in [-0.39, 0.29) is 5.69 Å². The Balaban J connectivity index is 1.80. The standard InChI is InChI=1S/C25H24N2O6/c1-30-22-14-19-18(24(31-2)25(22)32-3)11-12-26-23(19)20-13-17(9-10-21(20)27(28)29)33-15-16-7-5-4-6-8-16/h4-10,13-14H,11-12,15H2,1-3H3. The van der Waals surface area contributed by atoms with Crippen molar-refractivity contribution in [2.24, 2.45) is 4.99 Å². The highest BCUT2D eigenvalue weighted by molar-refractivity contribution is 6.17. The van der Waals surface area contributed by atoms with Crippen LogP contribution < -0.4 is 18.9 Å². The number of nitro benzene ring substituents is 1. The zero-order valence-electron chi connectivity index (χ0n) is 18.7. The fourth-order valence-electron chi connectivity index (χ4n) is 3.96. The van der Waals surface area contributed by atoms with Gasteiger partial charge < -0.3 is 18.9 Å². The quantitative estimate of drug-likeness (QED) is 0.370. The minimum Gasteiger partial charge on any atom is -0.493 e. The summed E-state index contributed by atoms with van der Waals surface area (Å²) in [5.41, 5.74) is 3.39. The largest absolute Gasteiger partial charge is 0.493 e. The third-order valence-corrected chi connectivity index (χ3v) is 5.49. The van der Waals surface area contributed by atoms with Gasteiger partial charge in [0.15, 0.2) is 11.5 Å². The molecule has 0 unspecified atom stereocenters. The van der Waals surface area contributed by atoms with Crippen LogP contribution in [0.5, 0.6) is 23.0 Å². The van der Waals surface area contributed by atoms with Gasteiger partial charge in [0.05, 0.1) is 37.5 Å². The molecular formula is C25H24N2O6. The van der Waals surface area contributed by atoms with Crippen LogP contribution in [-0.2, 0) is 13.0 Å². The molecule has 0 aliphatic carbocycles. The van der Waals surface area contributed by atoms with Crippen molar-refractivity contribution in [1.82, 2.24) is 0 Å². The number of rotatable bonds is 8. The van der Waals surface area contributed by atoms with Crippen molar-refractivity contribution >= 4 is 11.4 Å². The first-order chi connectivity index (χ1) is 16.1. The maximum absolute atomic E-state index is 11.9. The van der Waals surface area contributed by atoms with Crippen LogP contribution in [0.15, 0.2) is 59.6 Å². The van der Waals surface area contributed by atoms with Crippen LogP contribution in [0.25, 0.3) is 0 Å². The first-order valence-corrected chi connectivity index (χ1v) is 10.4. The Bertz CT molecular complexity index is 1210. The molecule has 0 radical (unpaired) electrons. The highest BCUT2D eigenvalue weighted by Gasteiger charge is 2.29. The van der Waals surface area contributed by atoms with Crippen LogP contribution in [0.4, 0.5) is 5.69 Å². The van der Waals surface area contributed by atoms with Gasteiger partial charge in [-0.1, -0.05) is 30.3 Å². The van der Waals surface area contributed by atoms with Crippen LogP contribution in [0.3, 0.4) is 0 Å². The molecule has 3 aromatic rings. The molecule has 3 aromatic carbocycles. The number of benzene rings is 3. The van der Waals surface area contributed by atoms with Gasteiger partial charge in [-0.2, -0.15) is 0 Å². The third-order valence-electron chi connectivity index (χ3n) is 5.49. The summed E-state index contributed by atoms with van der Waals surface area (Å²) in [5.74, 6) is 2.00. The summed E-state index contributed by atoms with van der Waals surface area (Å²) in [4.78, 5) is 16.1. The predicted molar refractivity (Wildman–Crippen MR) is 124 cm³/mol. The van der Waals surface area contributed by atoms with Gasteiger partial charge in [-0.3, -0.25) is 15.1 Å². The molecule has 0 fully saturated rings. The summed E-state index contributed by atoms with van der Waals surface area (Å²) in [7, 11) is 4.64. The topological polar surface area (TPSA) is 92.4 Å². The second-order valence-electron chi connectivity index (χ2n) is 7.36. The highest BCUT2D eigenvalue weighted by Crippen LogP contribution is 2.44. The molecule has 8 heteroatoms. The van der Waals surface area contributed by atoms with Crippen molar-refractivity contribution in [2.45, 2.75) is 13.0 Å². The molecule has 8 nitrogen and oxygen atoms in total. The average molecular weight is 448 g/mol. The molecule has 0 spiro atoms. The molecule has 1 aliphatic rings. The summed E-state index contributed by atoms with van der Waals surface area (Å²) >= 11 is 0. The Hall–Kier alpha value is -4.07. The van der Waals surface area contributed by atoms with Gasteiger partial charge in [0.1, 0.15) is 12.4 Å². The van der Waals surface area contributed by atoms with Crippen LogP contribution >= 0.6 is 0 Å². The Kier molecular flexibility index (Phi) is 6.44. The van der Waals surface area contributed by atoms with Crippen LogP contribution in [0.1, 0.15) is 22.3 Å². The molecular weight excluding hydrogens is 424 g/mol. The number of fused-ring (bicyclic) bond motifs is 1. The number of ether oxygens (including phenoxy) is 4. The van der Waals surface area contributed by atoms with Gasteiger partial charge in [0, 0.05) is 23.7 Å². The Morgan fingerprint density at radius 1 is 0.939 bits per heavy atom. The zero-order chi connectivity index (χ0) is 23.4. The number of nitro groups is 1. The van der Waals surface area contributed by atoms with Crippen molar-refractivity contribution in [1.29, 1.82) is 0 Å². The molecule has 0 amide bonds. The Morgan fingerprint density at radius 3 is 2.36 bits per heavy atom. The Labute approximate surface area is 191 Å². The fraction of sp³-hybridized carbons (Fsp3) is 0.240. The molecule has 0 atom stereocenters. The maximum atomic E-state index is 11.9. The summed E-state index contributed by atoms with van der Waals surface area (Å²) in [6, 6.07) is 16.2. The second-order valence-corrected chi connectivity index (χ2v) is 7.36. The molecule has 170 valence electrons. The van der Waals surface area contributed by atoms with Crippen LogP contribution in [0, 0.1) is 10.1 Å². The van der Waals surface area contributed by atoms with Crippen molar-refractivity contribution in [3.05, 3.63) is 87.0 Å². The average Bonchev–Trinajstić information content (AvgIpc) is 2.86. The molecule has 0 N–H and O–H groups in total. The molecule has 33 heavy (non-hydrogen) atoms. The number of nitrogens with zero attached hydrogens (tertiary/aromatic N) is 2. The van der Waals surface area contributed by atoms with Gasteiger partial charge in [0.2, 0.25) is 5.75 Å². The summed E-state index contributed by atoms with van der Waals surface area (Å²) in [6.45, 7) is 0.806. The summed E-state index contributed by atoms with van der Waals surface area (Å²) in [5, 5.41) is 11.9. The highest BCUT2D eigenvalue weighted by atomic mass is 16.6.